The fourth-order valence-corrected chi connectivity index (χ4v) is 5.18. The minimum atomic E-state index is -3.56. The third-order valence-electron chi connectivity index (χ3n) is 6.50. The van der Waals surface area contributed by atoms with Gasteiger partial charge in [-0.2, -0.15) is 0 Å². The first-order valence-electron chi connectivity index (χ1n) is 13.2. The molecule has 0 aromatic heterocycles. The highest BCUT2D eigenvalue weighted by Gasteiger charge is 2.26. The molecule has 0 aliphatic rings. The van der Waals surface area contributed by atoms with Crippen molar-refractivity contribution in [2.75, 3.05) is 20.2 Å². The van der Waals surface area contributed by atoms with Gasteiger partial charge in [-0.3, -0.25) is 9.59 Å². The Morgan fingerprint density at radius 1 is 0.900 bits per heavy atom. The molecule has 40 heavy (non-hydrogen) atoms. The van der Waals surface area contributed by atoms with Gasteiger partial charge in [0, 0.05) is 26.1 Å². The van der Waals surface area contributed by atoms with Gasteiger partial charge in [-0.1, -0.05) is 43.3 Å². The maximum atomic E-state index is 13.5. The summed E-state index contributed by atoms with van der Waals surface area (Å²) in [4.78, 5) is 28.0. The van der Waals surface area contributed by atoms with E-state index >= 15 is 0 Å². The molecular formula is C30H36FN3O5S. The van der Waals surface area contributed by atoms with Gasteiger partial charge in [0.1, 0.15) is 17.6 Å². The van der Waals surface area contributed by atoms with Crippen LogP contribution >= 0.6 is 0 Å². The minimum absolute atomic E-state index is 0.115. The van der Waals surface area contributed by atoms with E-state index in [1.165, 1.54) is 29.2 Å². The fourth-order valence-electron chi connectivity index (χ4n) is 4.14. The molecule has 2 amide bonds. The van der Waals surface area contributed by atoms with E-state index in [1.54, 1.807) is 45.2 Å². The van der Waals surface area contributed by atoms with E-state index in [4.69, 9.17) is 4.74 Å². The van der Waals surface area contributed by atoms with Crippen LogP contribution in [0, 0.1) is 5.82 Å². The van der Waals surface area contributed by atoms with Crippen LogP contribution in [0.2, 0.25) is 0 Å². The Morgan fingerprint density at radius 2 is 1.48 bits per heavy atom. The highest BCUT2D eigenvalue weighted by Crippen LogP contribution is 2.16. The van der Waals surface area contributed by atoms with Crippen LogP contribution in [-0.4, -0.2) is 51.4 Å². The number of halogens is 1. The maximum Gasteiger partial charge on any atom is 0.242 e. The normalized spacial score (nSPS) is 12.0. The first-order valence-corrected chi connectivity index (χ1v) is 14.6. The molecule has 0 radical (unpaired) electrons. The Balaban J connectivity index is 1.65. The van der Waals surface area contributed by atoms with Crippen molar-refractivity contribution in [3.63, 3.8) is 0 Å². The minimum Gasteiger partial charge on any atom is -0.497 e. The number of benzene rings is 3. The van der Waals surface area contributed by atoms with E-state index in [0.717, 1.165) is 16.9 Å². The highest BCUT2D eigenvalue weighted by molar-refractivity contribution is 7.89. The standard InChI is InChI=1S/C30H36FN3O5S/c1-4-33-40(37,38)28-16-9-23(10-17-28)11-18-29(35)34(21-25-5-12-26(31)13-6-25)22(2)30(36)32-20-19-24-7-14-27(39-3)15-8-24/h5-10,12-17,22,33H,4,11,18-21H2,1-3H3,(H,32,36)/t22-/m1/s1. The van der Waals surface area contributed by atoms with Crippen LogP contribution in [-0.2, 0) is 39.0 Å². The van der Waals surface area contributed by atoms with Crippen molar-refractivity contribution in [1.29, 1.82) is 0 Å². The molecule has 3 rings (SSSR count). The smallest absolute Gasteiger partial charge is 0.242 e. The van der Waals surface area contributed by atoms with Crippen LogP contribution in [0.5, 0.6) is 5.75 Å². The molecule has 0 saturated heterocycles. The molecule has 8 nitrogen and oxygen atoms in total. The van der Waals surface area contributed by atoms with Crippen molar-refractivity contribution in [3.05, 3.63) is 95.3 Å². The van der Waals surface area contributed by atoms with Crippen molar-refractivity contribution >= 4 is 21.8 Å². The lowest BCUT2D eigenvalue weighted by atomic mass is 10.1. The number of nitrogens with one attached hydrogen (secondary N) is 2. The zero-order valence-electron chi connectivity index (χ0n) is 23.0. The Labute approximate surface area is 235 Å². The lowest BCUT2D eigenvalue weighted by molar-refractivity contribution is -0.140. The van der Waals surface area contributed by atoms with E-state index < -0.39 is 16.1 Å². The van der Waals surface area contributed by atoms with E-state index in [-0.39, 0.29) is 42.0 Å². The first kappa shape index (κ1) is 30.8. The fraction of sp³-hybridized carbons (Fsp3) is 0.333. The third kappa shape index (κ3) is 8.89. The Hall–Kier alpha value is -3.76. The summed E-state index contributed by atoms with van der Waals surface area (Å²) in [6.45, 7) is 4.21. The monoisotopic (exact) mass is 569 g/mol. The van der Waals surface area contributed by atoms with E-state index in [0.29, 0.717) is 24.9 Å². The quantitative estimate of drug-likeness (QED) is 0.307. The van der Waals surface area contributed by atoms with Crippen LogP contribution in [0.3, 0.4) is 0 Å². The molecule has 0 aliphatic carbocycles. The number of carbonyl (C=O) groups is 2. The van der Waals surface area contributed by atoms with Crippen molar-refractivity contribution in [2.24, 2.45) is 0 Å². The number of methoxy groups -OCH3 is 1. The van der Waals surface area contributed by atoms with Crippen LogP contribution in [0.1, 0.15) is 37.0 Å². The van der Waals surface area contributed by atoms with Gasteiger partial charge < -0.3 is 15.0 Å². The topological polar surface area (TPSA) is 105 Å². The number of amides is 2. The van der Waals surface area contributed by atoms with E-state index in [1.807, 2.05) is 24.3 Å². The molecule has 3 aromatic carbocycles. The van der Waals surface area contributed by atoms with Crippen LogP contribution in [0.25, 0.3) is 0 Å². The van der Waals surface area contributed by atoms with Gasteiger partial charge in [0.2, 0.25) is 21.8 Å². The summed E-state index contributed by atoms with van der Waals surface area (Å²) in [6.07, 6.45) is 1.10. The molecule has 2 N–H and O–H groups in total. The molecule has 0 spiro atoms. The van der Waals surface area contributed by atoms with Crippen molar-refractivity contribution < 1.29 is 27.1 Å². The van der Waals surface area contributed by atoms with Crippen molar-refractivity contribution in [2.45, 2.75) is 50.6 Å². The van der Waals surface area contributed by atoms with Gasteiger partial charge in [0.25, 0.3) is 0 Å². The molecular weight excluding hydrogens is 533 g/mol. The summed E-state index contributed by atoms with van der Waals surface area (Å²) in [5, 5.41) is 2.91. The summed E-state index contributed by atoms with van der Waals surface area (Å²) in [6, 6.07) is 19.0. The molecule has 1 atom stereocenters. The second-order valence-corrected chi connectivity index (χ2v) is 11.1. The van der Waals surface area contributed by atoms with Gasteiger partial charge in [0.05, 0.1) is 12.0 Å². The second-order valence-electron chi connectivity index (χ2n) is 9.36. The molecule has 10 heteroatoms. The Morgan fingerprint density at radius 3 is 2.08 bits per heavy atom. The largest absolute Gasteiger partial charge is 0.497 e. The van der Waals surface area contributed by atoms with Crippen molar-refractivity contribution in [3.8, 4) is 5.75 Å². The lowest BCUT2D eigenvalue weighted by Gasteiger charge is -2.29. The number of aryl methyl sites for hydroxylation is 1. The second kappa shape index (κ2) is 14.6. The molecule has 0 fully saturated rings. The Kier molecular flexibility index (Phi) is 11.2. The van der Waals surface area contributed by atoms with Gasteiger partial charge in [-0.15, -0.1) is 0 Å². The zero-order valence-corrected chi connectivity index (χ0v) is 23.8. The predicted molar refractivity (Wildman–Crippen MR) is 152 cm³/mol. The molecule has 214 valence electrons. The van der Waals surface area contributed by atoms with Crippen LogP contribution in [0.15, 0.2) is 77.7 Å². The summed E-state index contributed by atoms with van der Waals surface area (Å²) in [5.74, 6) is -0.162. The average molecular weight is 570 g/mol. The first-order chi connectivity index (χ1) is 19.1. The summed E-state index contributed by atoms with van der Waals surface area (Å²) in [7, 11) is -1.96. The summed E-state index contributed by atoms with van der Waals surface area (Å²) < 4.78 is 45.4. The maximum absolute atomic E-state index is 13.5. The number of hydrogen-bond acceptors (Lipinski definition) is 5. The van der Waals surface area contributed by atoms with Gasteiger partial charge in [0.15, 0.2) is 0 Å². The average Bonchev–Trinajstić information content (AvgIpc) is 2.95. The molecule has 0 heterocycles. The summed E-state index contributed by atoms with van der Waals surface area (Å²) >= 11 is 0. The van der Waals surface area contributed by atoms with Gasteiger partial charge >= 0.3 is 0 Å². The SMILES string of the molecule is CCNS(=O)(=O)c1ccc(CCC(=O)N(Cc2ccc(F)cc2)[C@H](C)C(=O)NCCc2ccc(OC)cc2)cc1. The third-order valence-corrected chi connectivity index (χ3v) is 8.06. The lowest BCUT2D eigenvalue weighted by Crippen LogP contribution is -2.48. The predicted octanol–water partition coefficient (Wildman–Crippen LogP) is 3.84. The molecule has 0 unspecified atom stereocenters. The Bertz CT molecular complexity index is 1360. The zero-order chi connectivity index (χ0) is 29.1. The summed E-state index contributed by atoms with van der Waals surface area (Å²) in [5.41, 5.74) is 2.53. The van der Waals surface area contributed by atoms with E-state index in [2.05, 4.69) is 10.0 Å². The number of ether oxygens (including phenoxy) is 1. The van der Waals surface area contributed by atoms with Crippen molar-refractivity contribution in [1.82, 2.24) is 14.9 Å². The van der Waals surface area contributed by atoms with Crippen LogP contribution < -0.4 is 14.8 Å². The number of rotatable bonds is 14. The molecule has 0 aliphatic heterocycles. The van der Waals surface area contributed by atoms with E-state index in [9.17, 15) is 22.4 Å². The number of hydrogen-bond donors (Lipinski definition) is 2. The molecule has 0 bridgehead atoms. The van der Waals surface area contributed by atoms with Gasteiger partial charge in [-0.05, 0) is 72.9 Å². The van der Waals surface area contributed by atoms with Crippen LogP contribution in [0.4, 0.5) is 4.39 Å². The molecule has 0 saturated carbocycles. The van der Waals surface area contributed by atoms with Gasteiger partial charge in [-0.25, -0.2) is 17.5 Å². The number of nitrogens with zero attached hydrogens (tertiary/aromatic N) is 1. The molecule has 3 aromatic rings. The number of sulfonamides is 1. The number of carbonyl (C=O) groups excluding carboxylic acids is 2. The highest BCUT2D eigenvalue weighted by atomic mass is 32.2.